The number of benzene rings is 2. The second kappa shape index (κ2) is 8.32. The van der Waals surface area contributed by atoms with Crippen molar-refractivity contribution in [3.63, 3.8) is 0 Å². The fraction of sp³-hybridized carbons (Fsp3) is 0.364. The van der Waals surface area contributed by atoms with Gasteiger partial charge in [-0.1, -0.05) is 0 Å². The van der Waals surface area contributed by atoms with E-state index >= 15 is 0 Å². The summed E-state index contributed by atoms with van der Waals surface area (Å²) in [6.07, 6.45) is 0.530. The van der Waals surface area contributed by atoms with E-state index in [9.17, 15) is 10.2 Å². The quantitative estimate of drug-likeness (QED) is 0.659. The zero-order valence-electron chi connectivity index (χ0n) is 16.6. The standard InChI is InChI=1S/C22H25NO6/c1-26-14-3-5-19(27-2)15(11-14)22(25)17-13-29-20-6-4-18(24)16(21(17)20)12-23-7-9-28-10-8-23/h3-6,11,13,22,24-25H,7-10,12H2,1-2H3/t22-/m0/s1. The molecule has 1 saturated heterocycles. The van der Waals surface area contributed by atoms with Gasteiger partial charge in [-0.15, -0.1) is 0 Å². The van der Waals surface area contributed by atoms with Gasteiger partial charge in [0.05, 0.1) is 33.7 Å². The van der Waals surface area contributed by atoms with E-state index in [1.165, 1.54) is 6.26 Å². The van der Waals surface area contributed by atoms with E-state index in [0.29, 0.717) is 53.4 Å². The van der Waals surface area contributed by atoms with Crippen LogP contribution < -0.4 is 9.47 Å². The van der Waals surface area contributed by atoms with Crippen LogP contribution in [0.5, 0.6) is 17.2 Å². The van der Waals surface area contributed by atoms with Gasteiger partial charge in [-0.05, 0) is 30.3 Å². The molecule has 0 aliphatic carbocycles. The first kappa shape index (κ1) is 19.6. The number of nitrogens with zero attached hydrogens (tertiary/aromatic N) is 1. The van der Waals surface area contributed by atoms with Crippen LogP contribution in [0, 0.1) is 0 Å². The smallest absolute Gasteiger partial charge is 0.134 e. The molecule has 7 nitrogen and oxygen atoms in total. The lowest BCUT2D eigenvalue weighted by molar-refractivity contribution is 0.0340. The van der Waals surface area contributed by atoms with Crippen molar-refractivity contribution in [2.45, 2.75) is 12.6 Å². The van der Waals surface area contributed by atoms with Gasteiger partial charge in [-0.25, -0.2) is 0 Å². The summed E-state index contributed by atoms with van der Waals surface area (Å²) < 4.78 is 21.9. The Morgan fingerprint density at radius 1 is 1.07 bits per heavy atom. The number of morpholine rings is 1. The van der Waals surface area contributed by atoms with Crippen molar-refractivity contribution in [1.82, 2.24) is 4.90 Å². The summed E-state index contributed by atoms with van der Waals surface area (Å²) in [5, 5.41) is 22.5. The van der Waals surface area contributed by atoms with Crippen LogP contribution in [-0.4, -0.2) is 55.6 Å². The third-order valence-corrected chi connectivity index (χ3v) is 5.36. The molecule has 29 heavy (non-hydrogen) atoms. The molecule has 1 atom stereocenters. The minimum atomic E-state index is -1.01. The number of rotatable bonds is 6. The van der Waals surface area contributed by atoms with Crippen LogP contribution in [-0.2, 0) is 11.3 Å². The Hall–Kier alpha value is -2.74. The minimum Gasteiger partial charge on any atom is -0.508 e. The molecule has 0 amide bonds. The number of ether oxygens (including phenoxy) is 3. The van der Waals surface area contributed by atoms with Gasteiger partial charge in [-0.3, -0.25) is 4.90 Å². The molecule has 7 heteroatoms. The molecule has 1 fully saturated rings. The SMILES string of the molecule is COc1ccc(OC)c([C@H](O)c2coc3ccc(O)c(CN4CCOCC4)c23)c1. The topological polar surface area (TPSA) is 84.5 Å². The molecular formula is C22H25NO6. The summed E-state index contributed by atoms with van der Waals surface area (Å²) in [5.74, 6) is 1.34. The van der Waals surface area contributed by atoms with Crippen molar-refractivity contribution in [3.05, 3.63) is 53.3 Å². The van der Waals surface area contributed by atoms with Crippen LogP contribution in [0.1, 0.15) is 22.8 Å². The molecule has 2 heterocycles. The lowest BCUT2D eigenvalue weighted by Crippen LogP contribution is -2.35. The monoisotopic (exact) mass is 399 g/mol. The molecule has 2 N–H and O–H groups in total. The van der Waals surface area contributed by atoms with Crippen molar-refractivity contribution in [1.29, 1.82) is 0 Å². The average molecular weight is 399 g/mol. The summed E-state index contributed by atoms with van der Waals surface area (Å²) in [6, 6.07) is 8.62. The van der Waals surface area contributed by atoms with Gasteiger partial charge in [-0.2, -0.15) is 0 Å². The Morgan fingerprint density at radius 2 is 1.86 bits per heavy atom. The third kappa shape index (κ3) is 3.76. The second-order valence-corrected chi connectivity index (χ2v) is 7.03. The van der Waals surface area contributed by atoms with Crippen LogP contribution in [0.25, 0.3) is 11.0 Å². The number of hydrogen-bond acceptors (Lipinski definition) is 7. The number of phenolic OH excluding ortho intramolecular Hbond substituents is 1. The lowest BCUT2D eigenvalue weighted by atomic mass is 9.96. The molecule has 0 bridgehead atoms. The highest BCUT2D eigenvalue weighted by atomic mass is 16.5. The first-order valence-corrected chi connectivity index (χ1v) is 9.54. The largest absolute Gasteiger partial charge is 0.508 e. The van der Waals surface area contributed by atoms with E-state index in [1.807, 2.05) is 0 Å². The van der Waals surface area contributed by atoms with Gasteiger partial charge in [0.15, 0.2) is 0 Å². The summed E-state index contributed by atoms with van der Waals surface area (Å²) in [5.41, 5.74) is 2.48. The maximum absolute atomic E-state index is 11.2. The van der Waals surface area contributed by atoms with Crippen LogP contribution in [0.15, 0.2) is 41.0 Å². The zero-order valence-corrected chi connectivity index (χ0v) is 16.6. The van der Waals surface area contributed by atoms with Crippen molar-refractivity contribution in [3.8, 4) is 17.2 Å². The molecule has 0 radical (unpaired) electrons. The molecule has 0 saturated carbocycles. The molecule has 154 valence electrons. The highest BCUT2D eigenvalue weighted by Crippen LogP contribution is 2.40. The van der Waals surface area contributed by atoms with Gasteiger partial charge in [0, 0.05) is 41.7 Å². The van der Waals surface area contributed by atoms with E-state index in [2.05, 4.69) is 4.90 Å². The molecule has 0 unspecified atom stereocenters. The van der Waals surface area contributed by atoms with Crippen molar-refractivity contribution in [2.75, 3.05) is 40.5 Å². The zero-order chi connectivity index (χ0) is 20.4. The fourth-order valence-electron chi connectivity index (χ4n) is 3.78. The van der Waals surface area contributed by atoms with Crippen LogP contribution in [0.2, 0.25) is 0 Å². The molecule has 0 spiro atoms. The highest BCUT2D eigenvalue weighted by molar-refractivity contribution is 5.87. The number of aliphatic hydroxyl groups excluding tert-OH is 1. The van der Waals surface area contributed by atoms with Crippen molar-refractivity contribution < 1.29 is 28.8 Å². The van der Waals surface area contributed by atoms with E-state index in [1.54, 1.807) is 44.6 Å². The molecule has 4 rings (SSSR count). The Bertz CT molecular complexity index is 992. The number of furan rings is 1. The van der Waals surface area contributed by atoms with Gasteiger partial charge in [0.1, 0.15) is 28.9 Å². The third-order valence-electron chi connectivity index (χ3n) is 5.36. The maximum atomic E-state index is 11.2. The lowest BCUT2D eigenvalue weighted by Gasteiger charge is -2.27. The average Bonchev–Trinajstić information content (AvgIpc) is 3.20. The minimum absolute atomic E-state index is 0.177. The number of aliphatic hydroxyl groups is 1. The van der Waals surface area contributed by atoms with Gasteiger partial charge >= 0.3 is 0 Å². The van der Waals surface area contributed by atoms with E-state index in [-0.39, 0.29) is 5.75 Å². The predicted molar refractivity (Wildman–Crippen MR) is 108 cm³/mol. The van der Waals surface area contributed by atoms with Crippen molar-refractivity contribution in [2.24, 2.45) is 0 Å². The summed E-state index contributed by atoms with van der Waals surface area (Å²) in [7, 11) is 3.13. The Kier molecular flexibility index (Phi) is 5.62. The molecule has 1 aromatic heterocycles. The summed E-state index contributed by atoms with van der Waals surface area (Å²) in [4.78, 5) is 2.22. The van der Waals surface area contributed by atoms with Crippen LogP contribution in [0.3, 0.4) is 0 Å². The number of phenols is 1. The van der Waals surface area contributed by atoms with Crippen LogP contribution >= 0.6 is 0 Å². The first-order valence-electron chi connectivity index (χ1n) is 9.54. The van der Waals surface area contributed by atoms with Gasteiger partial charge < -0.3 is 28.8 Å². The maximum Gasteiger partial charge on any atom is 0.134 e. The number of hydrogen-bond donors (Lipinski definition) is 2. The summed E-state index contributed by atoms with van der Waals surface area (Å²) >= 11 is 0. The Morgan fingerprint density at radius 3 is 2.59 bits per heavy atom. The highest BCUT2D eigenvalue weighted by Gasteiger charge is 2.25. The fourth-order valence-corrected chi connectivity index (χ4v) is 3.78. The van der Waals surface area contributed by atoms with Crippen molar-refractivity contribution >= 4 is 11.0 Å². The second-order valence-electron chi connectivity index (χ2n) is 7.03. The van der Waals surface area contributed by atoms with Gasteiger partial charge in [0.2, 0.25) is 0 Å². The predicted octanol–water partition coefficient (Wildman–Crippen LogP) is 3.07. The van der Waals surface area contributed by atoms with E-state index in [4.69, 9.17) is 18.6 Å². The molecule has 2 aromatic carbocycles. The summed E-state index contributed by atoms with van der Waals surface area (Å²) in [6.45, 7) is 3.45. The number of methoxy groups -OCH3 is 2. The molecular weight excluding hydrogens is 374 g/mol. The number of fused-ring (bicyclic) bond motifs is 1. The van der Waals surface area contributed by atoms with E-state index < -0.39 is 6.10 Å². The van der Waals surface area contributed by atoms with E-state index in [0.717, 1.165) is 18.7 Å². The van der Waals surface area contributed by atoms with Gasteiger partial charge in [0.25, 0.3) is 0 Å². The molecule has 3 aromatic rings. The van der Waals surface area contributed by atoms with Crippen LogP contribution in [0.4, 0.5) is 0 Å². The molecule has 1 aliphatic rings. The number of aromatic hydroxyl groups is 1. The Labute approximate surface area is 169 Å². The normalized spacial score (nSPS) is 16.1. The Balaban J connectivity index is 1.79. The molecule has 1 aliphatic heterocycles. The first-order chi connectivity index (χ1) is 14.1.